The summed E-state index contributed by atoms with van der Waals surface area (Å²) in [6.07, 6.45) is 1.38. The highest BCUT2D eigenvalue weighted by molar-refractivity contribution is 7.91. The molecular formula is C26H24FNO4S. The lowest BCUT2D eigenvalue weighted by Gasteiger charge is -2.16. The molecule has 0 aliphatic carbocycles. The molecule has 0 saturated heterocycles. The van der Waals surface area contributed by atoms with Crippen molar-refractivity contribution in [2.75, 3.05) is 6.61 Å². The van der Waals surface area contributed by atoms with Crippen LogP contribution in [0.3, 0.4) is 0 Å². The normalized spacial score (nSPS) is 11.6. The zero-order valence-electron chi connectivity index (χ0n) is 18.6. The quantitative estimate of drug-likeness (QED) is 0.374. The first kappa shape index (κ1) is 22.7. The number of pyridine rings is 1. The predicted octanol–water partition coefficient (Wildman–Crippen LogP) is 5.04. The predicted molar refractivity (Wildman–Crippen MR) is 126 cm³/mol. The van der Waals surface area contributed by atoms with Gasteiger partial charge in [0.05, 0.1) is 22.4 Å². The van der Waals surface area contributed by atoms with E-state index in [-0.39, 0.29) is 15.2 Å². The summed E-state index contributed by atoms with van der Waals surface area (Å²) < 4.78 is 47.5. The Balaban J connectivity index is 1.98. The average molecular weight is 466 g/mol. The van der Waals surface area contributed by atoms with Gasteiger partial charge < -0.3 is 9.30 Å². The molecule has 7 heteroatoms. The maximum absolute atomic E-state index is 13.4. The van der Waals surface area contributed by atoms with Crippen LogP contribution in [0.5, 0.6) is 5.75 Å². The lowest BCUT2D eigenvalue weighted by Crippen LogP contribution is -2.20. The Morgan fingerprint density at radius 2 is 1.70 bits per heavy atom. The largest absolute Gasteiger partial charge is 0.494 e. The van der Waals surface area contributed by atoms with Gasteiger partial charge in [-0.05, 0) is 74.4 Å². The minimum atomic E-state index is -4.18. The molecule has 0 bridgehead atoms. The van der Waals surface area contributed by atoms with Crippen molar-refractivity contribution in [3.63, 3.8) is 0 Å². The lowest BCUT2D eigenvalue weighted by molar-refractivity contribution is 0.340. The van der Waals surface area contributed by atoms with Crippen LogP contribution in [0.15, 0.2) is 81.4 Å². The number of rotatable bonds is 6. The van der Waals surface area contributed by atoms with Crippen molar-refractivity contribution < 1.29 is 17.5 Å². The zero-order chi connectivity index (χ0) is 23.8. The van der Waals surface area contributed by atoms with Gasteiger partial charge in [-0.2, -0.15) is 0 Å². The molecule has 0 radical (unpaired) electrons. The first-order valence-corrected chi connectivity index (χ1v) is 12.1. The molecule has 0 amide bonds. The van der Waals surface area contributed by atoms with E-state index in [0.717, 1.165) is 28.8 Å². The molecule has 0 unspecified atom stereocenters. The number of nitrogens with zero attached hydrogens (tertiary/aromatic N) is 1. The molecular weight excluding hydrogens is 441 g/mol. The van der Waals surface area contributed by atoms with Crippen LogP contribution in [-0.2, 0) is 16.4 Å². The lowest BCUT2D eigenvalue weighted by atomic mass is 10.1. The van der Waals surface area contributed by atoms with E-state index in [4.69, 9.17) is 4.74 Å². The maximum atomic E-state index is 13.4. The molecule has 5 nitrogen and oxygen atoms in total. The average Bonchev–Trinajstić information content (AvgIpc) is 2.78. The second kappa shape index (κ2) is 8.83. The first-order valence-electron chi connectivity index (χ1n) is 10.6. The Morgan fingerprint density at radius 1 is 0.970 bits per heavy atom. The van der Waals surface area contributed by atoms with E-state index in [1.165, 1.54) is 18.3 Å². The van der Waals surface area contributed by atoms with Gasteiger partial charge in [0.2, 0.25) is 15.3 Å². The monoisotopic (exact) mass is 465 g/mol. The number of hydrogen-bond donors (Lipinski definition) is 0. The fourth-order valence-electron chi connectivity index (χ4n) is 3.82. The highest BCUT2D eigenvalue weighted by Gasteiger charge is 2.24. The van der Waals surface area contributed by atoms with Crippen LogP contribution in [0, 0.1) is 19.7 Å². The molecule has 1 heterocycles. The van der Waals surface area contributed by atoms with Gasteiger partial charge in [-0.25, -0.2) is 12.8 Å². The third kappa shape index (κ3) is 4.41. The SMILES string of the molecule is CCOc1ccc2c(c1)c(=O)c(S(=O)(=O)c1ccc(F)cc1)cn2Cc1cc(C)ccc1C. The highest BCUT2D eigenvalue weighted by Crippen LogP contribution is 2.25. The zero-order valence-corrected chi connectivity index (χ0v) is 19.4. The summed E-state index contributed by atoms with van der Waals surface area (Å²) in [7, 11) is -4.18. The van der Waals surface area contributed by atoms with Crippen molar-refractivity contribution in [2.24, 2.45) is 0 Å². The van der Waals surface area contributed by atoms with Crippen molar-refractivity contribution >= 4 is 20.7 Å². The third-order valence-corrected chi connectivity index (χ3v) is 7.35. The van der Waals surface area contributed by atoms with E-state index < -0.39 is 21.1 Å². The van der Waals surface area contributed by atoms with E-state index >= 15 is 0 Å². The topological polar surface area (TPSA) is 65.4 Å². The molecule has 0 fully saturated rings. The Hall–Kier alpha value is -3.45. The van der Waals surface area contributed by atoms with Crippen molar-refractivity contribution in [3.8, 4) is 5.75 Å². The molecule has 4 aromatic rings. The standard InChI is InChI=1S/C26H24FNO4S/c1-4-32-21-9-12-24-23(14-21)26(29)25(33(30,31)22-10-7-20(27)8-11-22)16-28(24)15-19-13-17(2)5-6-18(19)3/h5-14,16H,4,15H2,1-3H3. The molecule has 0 atom stereocenters. The number of ether oxygens (including phenoxy) is 1. The number of aromatic nitrogens is 1. The molecule has 0 N–H and O–H groups in total. The fourth-order valence-corrected chi connectivity index (χ4v) is 5.19. The summed E-state index contributed by atoms with van der Waals surface area (Å²) in [5.41, 5.74) is 3.13. The Labute approximate surface area is 192 Å². The van der Waals surface area contributed by atoms with E-state index in [0.29, 0.717) is 24.4 Å². The summed E-state index contributed by atoms with van der Waals surface area (Å²) in [6.45, 7) is 6.60. The van der Waals surface area contributed by atoms with Crippen LogP contribution in [0.1, 0.15) is 23.6 Å². The van der Waals surface area contributed by atoms with Gasteiger partial charge in [-0.3, -0.25) is 4.79 Å². The van der Waals surface area contributed by atoms with Crippen LogP contribution in [0.25, 0.3) is 10.9 Å². The van der Waals surface area contributed by atoms with Gasteiger partial charge in [-0.1, -0.05) is 23.8 Å². The number of fused-ring (bicyclic) bond motifs is 1. The molecule has 0 saturated carbocycles. The Bertz CT molecular complexity index is 1510. The van der Waals surface area contributed by atoms with Crippen molar-refractivity contribution in [3.05, 3.63) is 99.6 Å². The summed E-state index contributed by atoms with van der Waals surface area (Å²) in [5.74, 6) is -0.0714. The number of sulfone groups is 1. The highest BCUT2D eigenvalue weighted by atomic mass is 32.2. The molecule has 0 aliphatic rings. The van der Waals surface area contributed by atoms with Crippen LogP contribution in [0.4, 0.5) is 4.39 Å². The second-order valence-corrected chi connectivity index (χ2v) is 9.87. The molecule has 1 aromatic heterocycles. The molecule has 0 aliphatic heterocycles. The van der Waals surface area contributed by atoms with Crippen molar-refractivity contribution in [2.45, 2.75) is 37.1 Å². The van der Waals surface area contributed by atoms with E-state index in [2.05, 4.69) is 0 Å². The molecule has 0 spiro atoms. The maximum Gasteiger partial charge on any atom is 0.211 e. The molecule has 3 aromatic carbocycles. The smallest absolute Gasteiger partial charge is 0.211 e. The molecule has 4 rings (SSSR count). The Morgan fingerprint density at radius 3 is 2.39 bits per heavy atom. The minimum Gasteiger partial charge on any atom is -0.494 e. The fraction of sp³-hybridized carbons (Fsp3) is 0.192. The van der Waals surface area contributed by atoms with E-state index in [1.54, 1.807) is 22.8 Å². The first-order chi connectivity index (χ1) is 15.7. The number of hydrogen-bond acceptors (Lipinski definition) is 4. The van der Waals surface area contributed by atoms with Crippen molar-refractivity contribution in [1.82, 2.24) is 4.57 Å². The van der Waals surface area contributed by atoms with Gasteiger partial charge in [0.25, 0.3) is 0 Å². The summed E-state index contributed by atoms with van der Waals surface area (Å²) in [5, 5.41) is 0.245. The number of aryl methyl sites for hydroxylation is 2. The number of benzene rings is 3. The Kier molecular flexibility index (Phi) is 6.08. The van der Waals surface area contributed by atoms with Crippen LogP contribution < -0.4 is 10.2 Å². The number of halogens is 1. The van der Waals surface area contributed by atoms with Crippen LogP contribution in [0.2, 0.25) is 0 Å². The van der Waals surface area contributed by atoms with Crippen LogP contribution >= 0.6 is 0 Å². The third-order valence-electron chi connectivity index (χ3n) is 5.59. The summed E-state index contributed by atoms with van der Waals surface area (Å²) in [4.78, 5) is 12.9. The van der Waals surface area contributed by atoms with Crippen LogP contribution in [-0.4, -0.2) is 19.6 Å². The molecule has 170 valence electrons. The van der Waals surface area contributed by atoms with Gasteiger partial charge in [0.1, 0.15) is 16.5 Å². The summed E-state index contributed by atoms with van der Waals surface area (Å²) in [6, 6.07) is 15.6. The van der Waals surface area contributed by atoms with Gasteiger partial charge >= 0.3 is 0 Å². The second-order valence-electron chi connectivity index (χ2n) is 7.95. The van der Waals surface area contributed by atoms with E-state index in [9.17, 15) is 17.6 Å². The van der Waals surface area contributed by atoms with E-state index in [1.807, 2.05) is 39.0 Å². The van der Waals surface area contributed by atoms with Gasteiger partial charge in [0.15, 0.2) is 0 Å². The summed E-state index contributed by atoms with van der Waals surface area (Å²) >= 11 is 0. The van der Waals surface area contributed by atoms with Gasteiger partial charge in [-0.15, -0.1) is 0 Å². The van der Waals surface area contributed by atoms with Crippen molar-refractivity contribution in [1.29, 1.82) is 0 Å². The minimum absolute atomic E-state index is 0.139. The molecule has 33 heavy (non-hydrogen) atoms. The van der Waals surface area contributed by atoms with Gasteiger partial charge in [0, 0.05) is 12.7 Å².